The molecule has 1 fully saturated rings. The highest BCUT2D eigenvalue weighted by Crippen LogP contribution is 2.28. The number of carboxylic acid groups (broad SMARTS) is 1. The van der Waals surface area contributed by atoms with E-state index in [1.54, 1.807) is 16.8 Å². The van der Waals surface area contributed by atoms with Crippen LogP contribution in [0.3, 0.4) is 0 Å². The molecule has 2 heterocycles. The van der Waals surface area contributed by atoms with Gasteiger partial charge in [0.1, 0.15) is 18.7 Å². The van der Waals surface area contributed by atoms with E-state index >= 15 is 0 Å². The van der Waals surface area contributed by atoms with Crippen molar-refractivity contribution in [1.29, 1.82) is 0 Å². The summed E-state index contributed by atoms with van der Waals surface area (Å²) in [5, 5.41) is 26.8. The normalized spacial score (nSPS) is 16.4. The average Bonchev–Trinajstić information content (AvgIpc) is 3.72. The number of rotatable bonds is 23. The van der Waals surface area contributed by atoms with E-state index in [1.165, 1.54) is 4.90 Å². The molecule has 1 aliphatic heterocycles. The lowest BCUT2D eigenvalue weighted by atomic mass is 9.85. The Morgan fingerprint density at radius 2 is 1.48 bits per heavy atom. The van der Waals surface area contributed by atoms with Crippen LogP contribution in [0.4, 0.5) is 4.79 Å². The molecule has 4 amide bonds. The summed E-state index contributed by atoms with van der Waals surface area (Å²) >= 11 is 1.57. The number of nitrogens with one attached hydrogen (secondary N) is 3. The van der Waals surface area contributed by atoms with Gasteiger partial charge >= 0.3 is 6.09 Å². The van der Waals surface area contributed by atoms with Gasteiger partial charge in [-0.25, -0.2) is 9.78 Å². The predicted molar refractivity (Wildman–Crippen MR) is 192 cm³/mol. The molecule has 0 saturated carbocycles. The molecule has 5 N–H and O–H groups in total. The van der Waals surface area contributed by atoms with E-state index in [9.17, 15) is 24.3 Å². The van der Waals surface area contributed by atoms with E-state index in [0.29, 0.717) is 39.6 Å². The maximum absolute atomic E-state index is 13.8. The minimum absolute atomic E-state index is 0.0164. The van der Waals surface area contributed by atoms with Crippen LogP contribution < -0.4 is 16.0 Å². The molecule has 2 aromatic rings. The number of aliphatic hydroxyl groups excluding tert-OH is 1. The smallest absolute Gasteiger partial charge is 0.404 e. The summed E-state index contributed by atoms with van der Waals surface area (Å²) in [6.45, 7) is 10.4. The lowest BCUT2D eigenvalue weighted by Crippen LogP contribution is -2.58. The summed E-state index contributed by atoms with van der Waals surface area (Å²) in [6.07, 6.45) is -1.86. The number of ether oxygens (including phenoxy) is 5. The minimum Gasteiger partial charge on any atom is -0.465 e. The van der Waals surface area contributed by atoms with Crippen LogP contribution in [-0.4, -0.2) is 141 Å². The number of β-amino-alcohol motifs (C(OH)–C–C–N with tert-alkyl or cyclic N) is 1. The zero-order chi connectivity index (χ0) is 37.9. The number of likely N-dealkylation sites (tertiary alicyclic amines) is 1. The lowest BCUT2D eigenvalue weighted by molar-refractivity contribution is -0.144. The highest BCUT2D eigenvalue weighted by atomic mass is 32.1. The fourth-order valence-electron chi connectivity index (χ4n) is 5.26. The third-order valence-electron chi connectivity index (χ3n) is 7.96. The molecule has 1 aromatic heterocycles. The van der Waals surface area contributed by atoms with Crippen LogP contribution in [0.5, 0.6) is 0 Å². The first-order valence-corrected chi connectivity index (χ1v) is 18.1. The van der Waals surface area contributed by atoms with E-state index in [-0.39, 0.29) is 58.4 Å². The van der Waals surface area contributed by atoms with Gasteiger partial charge in [0.05, 0.1) is 81.6 Å². The van der Waals surface area contributed by atoms with E-state index in [0.717, 1.165) is 21.7 Å². The number of hydrogen-bond acceptors (Lipinski definition) is 12. The summed E-state index contributed by atoms with van der Waals surface area (Å²) in [6, 6.07) is 5.99. The number of benzene rings is 1. The molecule has 17 heteroatoms. The Hall–Kier alpha value is -3.71. The fourth-order valence-corrected chi connectivity index (χ4v) is 6.07. The van der Waals surface area contributed by atoms with Gasteiger partial charge in [-0.1, -0.05) is 45.0 Å². The van der Waals surface area contributed by atoms with Crippen LogP contribution in [0, 0.1) is 12.3 Å². The van der Waals surface area contributed by atoms with Crippen molar-refractivity contribution in [1.82, 2.24) is 25.8 Å². The maximum atomic E-state index is 13.8. The molecule has 1 aliphatic rings. The predicted octanol–water partition coefficient (Wildman–Crippen LogP) is 1.58. The monoisotopic (exact) mass is 751 g/mol. The second-order valence-corrected chi connectivity index (χ2v) is 14.0. The molecule has 1 saturated heterocycles. The third kappa shape index (κ3) is 15.1. The Labute approximate surface area is 308 Å². The number of aryl methyl sites for hydroxylation is 1. The van der Waals surface area contributed by atoms with Gasteiger partial charge in [-0.3, -0.25) is 14.4 Å². The van der Waals surface area contributed by atoms with Crippen molar-refractivity contribution in [2.45, 2.75) is 58.8 Å². The topological polar surface area (TPSA) is 207 Å². The molecule has 0 aliphatic carbocycles. The van der Waals surface area contributed by atoms with Crippen molar-refractivity contribution in [3.05, 3.63) is 41.0 Å². The van der Waals surface area contributed by atoms with Crippen molar-refractivity contribution in [2.24, 2.45) is 5.41 Å². The summed E-state index contributed by atoms with van der Waals surface area (Å²) in [5.41, 5.74) is 4.01. The average molecular weight is 752 g/mol. The SMILES string of the molecule is Cc1ncsc1-c1ccc(CNC(=O)[C@@H]2C[C@@H](O)CN2C(=O)[C@@H](NC(=O)COCCOCCOCCOCCOCCNC(=O)O)C(C)(C)C)cc1. The number of carbonyl (C=O) groups excluding carboxylic acids is 3. The van der Waals surface area contributed by atoms with E-state index in [4.69, 9.17) is 28.8 Å². The first kappa shape index (κ1) is 42.7. The number of carbonyl (C=O) groups is 4. The summed E-state index contributed by atoms with van der Waals surface area (Å²) in [5.74, 6) is -1.31. The van der Waals surface area contributed by atoms with Gasteiger partial charge in [0.25, 0.3) is 0 Å². The van der Waals surface area contributed by atoms with E-state index in [1.807, 2.05) is 52.0 Å². The van der Waals surface area contributed by atoms with Crippen LogP contribution in [0.2, 0.25) is 0 Å². The van der Waals surface area contributed by atoms with Crippen LogP contribution in [0.15, 0.2) is 29.8 Å². The van der Waals surface area contributed by atoms with Crippen LogP contribution >= 0.6 is 11.3 Å². The molecule has 1 aromatic carbocycles. The fraction of sp³-hybridized carbons (Fsp3) is 0.629. The van der Waals surface area contributed by atoms with Crippen molar-refractivity contribution >= 4 is 35.2 Å². The molecular formula is C35H53N5O11S. The number of aromatic nitrogens is 1. The van der Waals surface area contributed by atoms with Crippen molar-refractivity contribution in [3.8, 4) is 10.4 Å². The summed E-state index contributed by atoms with van der Waals surface area (Å²) in [4.78, 5) is 57.0. The first-order valence-electron chi connectivity index (χ1n) is 17.3. The molecule has 52 heavy (non-hydrogen) atoms. The number of aliphatic hydroxyl groups is 1. The standard InChI is InChI=1S/C35H53N5O11S/c1-24-30(52-23-38-24)26-7-5-25(6-8-26)20-37-32(43)28-19-27(41)21-40(28)33(44)31(35(2,3)4)39-29(42)22-51-18-17-50-16-15-49-14-13-48-12-11-47-10-9-36-34(45)46/h5-8,23,27-28,31,36,41H,9-22H2,1-4H3,(H,37,43)(H,39,42)(H,45,46)/t27-,28+,31-/m1/s1. The van der Waals surface area contributed by atoms with Crippen LogP contribution in [-0.2, 0) is 44.6 Å². The largest absolute Gasteiger partial charge is 0.465 e. The number of nitrogens with zero attached hydrogens (tertiary/aromatic N) is 2. The number of thiazole rings is 1. The molecule has 16 nitrogen and oxygen atoms in total. The zero-order valence-electron chi connectivity index (χ0n) is 30.4. The van der Waals surface area contributed by atoms with Gasteiger partial charge in [-0.2, -0.15) is 0 Å². The van der Waals surface area contributed by atoms with Gasteiger partial charge in [0.2, 0.25) is 17.7 Å². The lowest BCUT2D eigenvalue weighted by Gasteiger charge is -2.35. The number of hydrogen-bond donors (Lipinski definition) is 5. The molecule has 0 unspecified atom stereocenters. The van der Waals surface area contributed by atoms with Gasteiger partial charge in [0, 0.05) is 26.1 Å². The zero-order valence-corrected chi connectivity index (χ0v) is 31.2. The second-order valence-electron chi connectivity index (χ2n) is 13.2. The Kier molecular flexibility index (Phi) is 18.4. The van der Waals surface area contributed by atoms with E-state index in [2.05, 4.69) is 20.9 Å². The highest BCUT2D eigenvalue weighted by molar-refractivity contribution is 7.13. The summed E-state index contributed by atoms with van der Waals surface area (Å²) in [7, 11) is 0. The Bertz CT molecular complexity index is 1400. The highest BCUT2D eigenvalue weighted by Gasteiger charge is 2.44. The molecular weight excluding hydrogens is 698 g/mol. The van der Waals surface area contributed by atoms with Crippen molar-refractivity contribution < 1.29 is 53.1 Å². The van der Waals surface area contributed by atoms with Crippen LogP contribution in [0.1, 0.15) is 38.4 Å². The molecule has 3 atom stereocenters. The molecule has 0 bridgehead atoms. The molecule has 0 spiro atoms. The first-order chi connectivity index (χ1) is 24.9. The quantitative estimate of drug-likeness (QED) is 0.103. The van der Waals surface area contributed by atoms with Crippen molar-refractivity contribution in [3.63, 3.8) is 0 Å². The third-order valence-corrected chi connectivity index (χ3v) is 8.93. The van der Waals surface area contributed by atoms with E-state index < -0.39 is 41.5 Å². The molecule has 0 radical (unpaired) electrons. The van der Waals surface area contributed by atoms with Crippen LogP contribution in [0.25, 0.3) is 10.4 Å². The van der Waals surface area contributed by atoms with Gasteiger partial charge in [0.15, 0.2) is 0 Å². The Balaban J connectivity index is 1.32. The second kappa shape index (κ2) is 22.4. The van der Waals surface area contributed by atoms with Crippen molar-refractivity contribution in [2.75, 3.05) is 79.2 Å². The molecule has 290 valence electrons. The Morgan fingerprint density at radius 3 is 2.02 bits per heavy atom. The molecule has 3 rings (SSSR count). The number of amides is 4. The maximum Gasteiger partial charge on any atom is 0.404 e. The van der Waals surface area contributed by atoms with Gasteiger partial charge in [-0.15, -0.1) is 11.3 Å². The summed E-state index contributed by atoms with van der Waals surface area (Å²) < 4.78 is 26.9. The van der Waals surface area contributed by atoms with Gasteiger partial charge < -0.3 is 54.7 Å². The Morgan fingerprint density at radius 1 is 0.904 bits per heavy atom. The minimum atomic E-state index is -1.09. The van der Waals surface area contributed by atoms with Gasteiger partial charge in [-0.05, 0) is 23.5 Å².